The molecule has 194 valence electrons. The van der Waals surface area contributed by atoms with Gasteiger partial charge in [-0.1, -0.05) is 25.1 Å². The Morgan fingerprint density at radius 2 is 1.79 bits per heavy atom. The second-order valence-corrected chi connectivity index (χ2v) is 10.1. The second-order valence-electron chi connectivity index (χ2n) is 10.1. The molecule has 1 saturated heterocycles. The number of hydrogen-bond acceptors (Lipinski definition) is 6. The first-order chi connectivity index (χ1) is 18.5. The van der Waals surface area contributed by atoms with E-state index in [0.717, 1.165) is 66.6 Å². The zero-order valence-electron chi connectivity index (χ0n) is 22.3. The molecule has 1 aliphatic heterocycles. The lowest BCUT2D eigenvalue weighted by Gasteiger charge is -2.32. The van der Waals surface area contributed by atoms with Crippen molar-refractivity contribution in [3.05, 3.63) is 107 Å². The number of amides is 1. The van der Waals surface area contributed by atoms with Gasteiger partial charge < -0.3 is 10.2 Å². The predicted molar refractivity (Wildman–Crippen MR) is 151 cm³/mol. The van der Waals surface area contributed by atoms with Gasteiger partial charge in [0.15, 0.2) is 0 Å². The van der Waals surface area contributed by atoms with Crippen LogP contribution in [0.1, 0.15) is 45.7 Å². The summed E-state index contributed by atoms with van der Waals surface area (Å²) in [4.78, 5) is 31.4. The van der Waals surface area contributed by atoms with E-state index in [1.54, 1.807) is 18.6 Å². The number of pyridine rings is 1. The van der Waals surface area contributed by atoms with Crippen molar-refractivity contribution >= 4 is 11.6 Å². The molecule has 7 heteroatoms. The highest BCUT2D eigenvalue weighted by Crippen LogP contribution is 2.28. The van der Waals surface area contributed by atoms with Gasteiger partial charge in [-0.05, 0) is 73.1 Å². The van der Waals surface area contributed by atoms with Crippen LogP contribution >= 0.6 is 0 Å². The van der Waals surface area contributed by atoms with E-state index in [-0.39, 0.29) is 11.8 Å². The first kappa shape index (κ1) is 25.7. The van der Waals surface area contributed by atoms with Gasteiger partial charge in [0.1, 0.15) is 5.82 Å². The van der Waals surface area contributed by atoms with Gasteiger partial charge >= 0.3 is 0 Å². The first-order valence-electron chi connectivity index (χ1n) is 13.1. The van der Waals surface area contributed by atoms with Crippen molar-refractivity contribution in [1.82, 2.24) is 24.8 Å². The number of anilines is 1. The van der Waals surface area contributed by atoms with Gasteiger partial charge in [-0.25, -0.2) is 9.97 Å². The molecule has 1 aliphatic rings. The van der Waals surface area contributed by atoms with Gasteiger partial charge in [-0.15, -0.1) is 0 Å². The number of benzene rings is 2. The first-order valence-corrected chi connectivity index (χ1v) is 13.1. The topological polar surface area (TPSA) is 74.2 Å². The van der Waals surface area contributed by atoms with Crippen molar-refractivity contribution in [1.29, 1.82) is 0 Å². The molecule has 1 atom stereocenters. The van der Waals surface area contributed by atoms with Crippen LogP contribution in [0.25, 0.3) is 11.3 Å². The lowest BCUT2D eigenvalue weighted by molar-refractivity contribution is 0.102. The van der Waals surface area contributed by atoms with Crippen LogP contribution in [0.4, 0.5) is 5.69 Å². The lowest BCUT2D eigenvalue weighted by atomic mass is 9.94. The normalized spacial score (nSPS) is 15.2. The van der Waals surface area contributed by atoms with E-state index < -0.39 is 0 Å². The molecule has 1 unspecified atom stereocenters. The summed E-state index contributed by atoms with van der Waals surface area (Å²) in [5.74, 6) is 0.569. The standard InChI is InChI=1S/C31H34N6O/c1-22-6-11-27(19-28(22)23(2)30-33-14-12-29(35-30)26-5-4-13-32-20-26)34-31(38)25-9-7-24(8-10-25)21-37-17-15-36(3)16-18-37/h4-14,19-20,23H,15-18,21H2,1-3H3,(H,34,38). The Morgan fingerprint density at radius 3 is 2.53 bits per heavy atom. The Labute approximate surface area is 224 Å². The number of rotatable bonds is 7. The molecule has 0 radical (unpaired) electrons. The van der Waals surface area contributed by atoms with Crippen LogP contribution < -0.4 is 5.32 Å². The third-order valence-electron chi connectivity index (χ3n) is 7.24. The van der Waals surface area contributed by atoms with E-state index in [1.807, 2.05) is 48.5 Å². The van der Waals surface area contributed by atoms with Crippen molar-refractivity contribution in [2.75, 3.05) is 38.5 Å². The molecule has 5 rings (SSSR count). The Balaban J connectivity index is 1.27. The van der Waals surface area contributed by atoms with E-state index >= 15 is 0 Å². The molecule has 7 nitrogen and oxygen atoms in total. The van der Waals surface area contributed by atoms with E-state index in [4.69, 9.17) is 4.98 Å². The molecule has 0 aliphatic carbocycles. The van der Waals surface area contributed by atoms with Crippen molar-refractivity contribution in [3.8, 4) is 11.3 Å². The minimum absolute atomic E-state index is 0.0441. The fraction of sp³-hybridized carbons (Fsp3) is 0.290. The highest BCUT2D eigenvalue weighted by Gasteiger charge is 2.17. The van der Waals surface area contributed by atoms with Gasteiger partial charge in [0.25, 0.3) is 5.91 Å². The summed E-state index contributed by atoms with van der Waals surface area (Å²) >= 11 is 0. The van der Waals surface area contributed by atoms with Gasteiger partial charge in [-0.2, -0.15) is 0 Å². The molecule has 0 spiro atoms. The molecule has 2 aromatic heterocycles. The van der Waals surface area contributed by atoms with Gasteiger partial charge in [-0.3, -0.25) is 14.7 Å². The molecule has 2 aromatic carbocycles. The van der Waals surface area contributed by atoms with Gasteiger partial charge in [0.2, 0.25) is 0 Å². The number of nitrogens with one attached hydrogen (secondary N) is 1. The Hall–Kier alpha value is -3.94. The summed E-state index contributed by atoms with van der Waals surface area (Å²) < 4.78 is 0. The fourth-order valence-electron chi connectivity index (χ4n) is 4.81. The molecule has 1 amide bonds. The molecule has 0 saturated carbocycles. The molecule has 1 fully saturated rings. The summed E-state index contributed by atoms with van der Waals surface area (Å²) in [7, 11) is 2.16. The minimum Gasteiger partial charge on any atom is -0.322 e. The Kier molecular flexibility index (Phi) is 7.86. The molecular formula is C31H34N6O. The average molecular weight is 507 g/mol. The van der Waals surface area contributed by atoms with E-state index in [0.29, 0.717) is 5.56 Å². The highest BCUT2D eigenvalue weighted by molar-refractivity contribution is 6.04. The van der Waals surface area contributed by atoms with Crippen LogP contribution in [-0.4, -0.2) is 63.9 Å². The average Bonchev–Trinajstić information content (AvgIpc) is 2.96. The summed E-state index contributed by atoms with van der Waals surface area (Å²) in [6.07, 6.45) is 5.34. The zero-order valence-corrected chi connectivity index (χ0v) is 22.3. The summed E-state index contributed by atoms with van der Waals surface area (Å²) in [6, 6.07) is 19.7. The number of likely N-dealkylation sites (N-methyl/N-ethyl adjacent to an activating group) is 1. The largest absolute Gasteiger partial charge is 0.322 e. The van der Waals surface area contributed by atoms with Crippen LogP contribution in [0.15, 0.2) is 79.3 Å². The van der Waals surface area contributed by atoms with E-state index in [9.17, 15) is 4.79 Å². The third kappa shape index (κ3) is 6.13. The molecule has 3 heterocycles. The van der Waals surface area contributed by atoms with Crippen molar-refractivity contribution in [3.63, 3.8) is 0 Å². The third-order valence-corrected chi connectivity index (χ3v) is 7.24. The maximum absolute atomic E-state index is 13.0. The maximum atomic E-state index is 13.0. The highest BCUT2D eigenvalue weighted by atomic mass is 16.1. The number of aromatic nitrogens is 3. The number of piperazine rings is 1. The zero-order chi connectivity index (χ0) is 26.5. The van der Waals surface area contributed by atoms with Crippen molar-refractivity contribution < 1.29 is 4.79 Å². The number of hydrogen-bond donors (Lipinski definition) is 1. The Bertz CT molecular complexity index is 1380. The van der Waals surface area contributed by atoms with Gasteiger partial charge in [0.05, 0.1) is 5.69 Å². The van der Waals surface area contributed by atoms with E-state index in [1.165, 1.54) is 5.56 Å². The van der Waals surface area contributed by atoms with E-state index in [2.05, 4.69) is 58.1 Å². The SMILES string of the molecule is Cc1ccc(NC(=O)c2ccc(CN3CCN(C)CC3)cc2)cc1C(C)c1nccc(-c2cccnc2)n1. The Morgan fingerprint density at radius 1 is 1.00 bits per heavy atom. The van der Waals surface area contributed by atoms with Crippen LogP contribution in [0, 0.1) is 6.92 Å². The number of aryl methyl sites for hydroxylation is 1. The molecule has 0 bridgehead atoms. The molecule has 4 aromatic rings. The predicted octanol–water partition coefficient (Wildman–Crippen LogP) is 5.00. The van der Waals surface area contributed by atoms with Gasteiger partial charge in [0, 0.05) is 74.0 Å². The van der Waals surface area contributed by atoms with Crippen LogP contribution in [0.5, 0.6) is 0 Å². The van der Waals surface area contributed by atoms with Crippen molar-refractivity contribution in [2.45, 2.75) is 26.3 Å². The smallest absolute Gasteiger partial charge is 0.255 e. The molecular weight excluding hydrogens is 472 g/mol. The lowest BCUT2D eigenvalue weighted by Crippen LogP contribution is -2.43. The minimum atomic E-state index is -0.117. The van der Waals surface area contributed by atoms with Crippen molar-refractivity contribution in [2.24, 2.45) is 0 Å². The monoisotopic (exact) mass is 506 g/mol. The van der Waals surface area contributed by atoms with Crippen LogP contribution in [0.3, 0.4) is 0 Å². The number of carbonyl (C=O) groups excluding carboxylic acids is 1. The molecule has 38 heavy (non-hydrogen) atoms. The quantitative estimate of drug-likeness (QED) is 0.380. The number of nitrogens with zero attached hydrogens (tertiary/aromatic N) is 5. The fourth-order valence-corrected chi connectivity index (χ4v) is 4.81. The molecule has 1 N–H and O–H groups in total. The second kappa shape index (κ2) is 11.6. The summed E-state index contributed by atoms with van der Waals surface area (Å²) in [5, 5.41) is 3.07. The maximum Gasteiger partial charge on any atom is 0.255 e. The van der Waals surface area contributed by atoms with Crippen LogP contribution in [-0.2, 0) is 6.54 Å². The number of carbonyl (C=O) groups is 1. The summed E-state index contributed by atoms with van der Waals surface area (Å²) in [5.41, 5.74) is 6.63. The van der Waals surface area contributed by atoms with Crippen LogP contribution in [0.2, 0.25) is 0 Å². The summed E-state index contributed by atoms with van der Waals surface area (Å²) in [6.45, 7) is 9.42.